The van der Waals surface area contributed by atoms with E-state index in [0.29, 0.717) is 29.7 Å². The number of rotatable bonds is 3. The number of benzene rings is 1. The molecule has 0 radical (unpaired) electrons. The van der Waals surface area contributed by atoms with Crippen molar-refractivity contribution < 1.29 is 26.3 Å². The van der Waals surface area contributed by atoms with Crippen LogP contribution in [-0.2, 0) is 16.9 Å². The van der Waals surface area contributed by atoms with Crippen molar-refractivity contribution in [3.8, 4) is 5.75 Å². The lowest BCUT2D eigenvalue weighted by molar-refractivity contribution is -0.153. The summed E-state index contributed by atoms with van der Waals surface area (Å²) < 4.78 is 66.7. The van der Waals surface area contributed by atoms with Gasteiger partial charge in [-0.25, -0.2) is 13.4 Å². The van der Waals surface area contributed by atoms with E-state index in [0.717, 1.165) is 0 Å². The Morgan fingerprint density at radius 1 is 1.32 bits per heavy atom. The first-order chi connectivity index (χ1) is 11.6. The van der Waals surface area contributed by atoms with Crippen LogP contribution in [0.2, 0.25) is 0 Å². The summed E-state index contributed by atoms with van der Waals surface area (Å²) in [6.45, 7) is -1.43. The fraction of sp³-hybridized carbons (Fsp3) is 0.533. The molecule has 0 amide bonds. The van der Waals surface area contributed by atoms with Gasteiger partial charge < -0.3 is 15.0 Å². The Kier molecular flexibility index (Phi) is 4.34. The highest BCUT2D eigenvalue weighted by molar-refractivity contribution is 7.91. The molecular formula is C15H18F3N3O3S. The van der Waals surface area contributed by atoms with Crippen LogP contribution in [0.1, 0.15) is 24.6 Å². The third-order valence-corrected chi connectivity index (χ3v) is 6.07. The monoisotopic (exact) mass is 377 g/mol. The molecule has 10 heteroatoms. The number of aromatic nitrogens is 2. The highest BCUT2D eigenvalue weighted by Gasteiger charge is 2.30. The molecule has 0 atom stereocenters. The zero-order valence-electron chi connectivity index (χ0n) is 13.5. The Morgan fingerprint density at radius 3 is 2.56 bits per heavy atom. The van der Waals surface area contributed by atoms with Crippen LogP contribution < -0.4 is 10.5 Å². The van der Waals surface area contributed by atoms with Crippen molar-refractivity contribution in [2.24, 2.45) is 7.05 Å². The smallest absolute Gasteiger partial charge is 0.422 e. The number of hydrogen-bond acceptors (Lipinski definition) is 5. The van der Waals surface area contributed by atoms with Crippen molar-refractivity contribution in [1.29, 1.82) is 0 Å². The number of hydrogen-bond donors (Lipinski definition) is 1. The maximum atomic E-state index is 12.3. The van der Waals surface area contributed by atoms with Crippen LogP contribution in [0, 0.1) is 0 Å². The van der Waals surface area contributed by atoms with E-state index in [1.807, 2.05) is 4.57 Å². The topological polar surface area (TPSA) is 87.2 Å². The highest BCUT2D eigenvalue weighted by atomic mass is 32.2. The first-order valence-corrected chi connectivity index (χ1v) is 9.54. The third kappa shape index (κ3) is 3.83. The summed E-state index contributed by atoms with van der Waals surface area (Å²) in [7, 11) is -1.20. The van der Waals surface area contributed by atoms with E-state index in [4.69, 9.17) is 10.5 Å². The van der Waals surface area contributed by atoms with Crippen LogP contribution in [0.4, 0.5) is 18.9 Å². The minimum absolute atomic E-state index is 0.0123. The molecule has 0 aliphatic carbocycles. The predicted molar refractivity (Wildman–Crippen MR) is 87.3 cm³/mol. The van der Waals surface area contributed by atoms with Crippen LogP contribution in [0.25, 0.3) is 11.0 Å². The van der Waals surface area contributed by atoms with Crippen molar-refractivity contribution in [3.63, 3.8) is 0 Å². The first-order valence-electron chi connectivity index (χ1n) is 7.71. The van der Waals surface area contributed by atoms with E-state index < -0.39 is 22.6 Å². The molecule has 2 heterocycles. The summed E-state index contributed by atoms with van der Waals surface area (Å²) >= 11 is 0. The number of anilines is 1. The predicted octanol–water partition coefficient (Wildman–Crippen LogP) is 2.39. The number of fused-ring (bicyclic) bond motifs is 1. The lowest BCUT2D eigenvalue weighted by Gasteiger charge is -2.21. The minimum Gasteiger partial charge on any atom is -0.482 e. The standard InChI is InChI=1S/C15H18F3N3O3S/c1-21-12-6-10(19)13(24-8-15(16,17)18)7-11(12)20-14(21)9-2-4-25(22,23)5-3-9/h6-7,9H,2-5,8,19H2,1H3. The Morgan fingerprint density at radius 2 is 1.96 bits per heavy atom. The van der Waals surface area contributed by atoms with Crippen LogP contribution in [0.3, 0.4) is 0 Å². The number of aryl methyl sites for hydroxylation is 1. The summed E-state index contributed by atoms with van der Waals surface area (Å²) in [6, 6.07) is 2.91. The van der Waals surface area contributed by atoms with Gasteiger partial charge in [0.1, 0.15) is 21.4 Å². The Hall–Kier alpha value is -1.97. The Labute approximate surface area is 142 Å². The van der Waals surface area contributed by atoms with Gasteiger partial charge in [0.2, 0.25) is 0 Å². The lowest BCUT2D eigenvalue weighted by Crippen LogP contribution is -2.23. The fourth-order valence-electron chi connectivity index (χ4n) is 3.05. The van der Waals surface area contributed by atoms with Gasteiger partial charge in [0.25, 0.3) is 0 Å². The van der Waals surface area contributed by atoms with E-state index in [1.54, 1.807) is 7.05 Å². The van der Waals surface area contributed by atoms with E-state index in [1.165, 1.54) is 12.1 Å². The zero-order valence-corrected chi connectivity index (χ0v) is 14.3. The van der Waals surface area contributed by atoms with Gasteiger partial charge in [-0.3, -0.25) is 0 Å². The molecule has 1 aliphatic heterocycles. The van der Waals surface area contributed by atoms with Crippen molar-refractivity contribution in [2.75, 3.05) is 23.8 Å². The van der Waals surface area contributed by atoms with Gasteiger partial charge in [0, 0.05) is 19.0 Å². The molecule has 138 valence electrons. The molecule has 1 aromatic carbocycles. The molecule has 0 saturated carbocycles. The molecule has 2 N–H and O–H groups in total. The second kappa shape index (κ2) is 6.08. The molecule has 0 bridgehead atoms. The Bertz CT molecular complexity index is 892. The molecule has 1 fully saturated rings. The van der Waals surface area contributed by atoms with E-state index >= 15 is 0 Å². The van der Waals surface area contributed by atoms with Gasteiger partial charge in [-0.15, -0.1) is 0 Å². The Balaban J connectivity index is 1.91. The number of nitrogens with two attached hydrogens (primary N) is 1. The number of halogens is 3. The number of sulfone groups is 1. The van der Waals surface area contributed by atoms with E-state index in [2.05, 4.69) is 4.98 Å². The summed E-state index contributed by atoms with van der Waals surface area (Å²) in [5.74, 6) is 0.853. The van der Waals surface area contributed by atoms with Crippen molar-refractivity contribution >= 4 is 26.6 Å². The second-order valence-corrected chi connectivity index (χ2v) is 8.54. The average molecular weight is 377 g/mol. The molecule has 2 aromatic rings. The quantitative estimate of drug-likeness (QED) is 0.830. The van der Waals surface area contributed by atoms with Crippen LogP contribution in [0.15, 0.2) is 12.1 Å². The summed E-state index contributed by atoms with van der Waals surface area (Å²) in [5.41, 5.74) is 7.03. The van der Waals surface area contributed by atoms with Crippen LogP contribution >= 0.6 is 0 Å². The molecule has 3 rings (SSSR count). The van der Waals surface area contributed by atoms with Crippen LogP contribution in [0.5, 0.6) is 5.75 Å². The van der Waals surface area contributed by atoms with Crippen molar-refractivity contribution in [2.45, 2.75) is 24.9 Å². The van der Waals surface area contributed by atoms with Crippen molar-refractivity contribution in [1.82, 2.24) is 9.55 Å². The molecule has 1 aliphatic rings. The minimum atomic E-state index is -4.45. The number of imidazole rings is 1. The summed E-state index contributed by atoms with van der Waals surface area (Å²) in [4.78, 5) is 4.48. The first kappa shape index (κ1) is 17.8. The molecule has 25 heavy (non-hydrogen) atoms. The van der Waals surface area contributed by atoms with Gasteiger partial charge in [0.05, 0.1) is 28.2 Å². The van der Waals surface area contributed by atoms with Crippen LogP contribution in [-0.4, -0.2) is 42.3 Å². The second-order valence-electron chi connectivity index (χ2n) is 6.24. The number of nitrogens with zero attached hydrogens (tertiary/aromatic N) is 2. The number of ether oxygens (including phenoxy) is 1. The van der Waals surface area contributed by atoms with Gasteiger partial charge in [-0.2, -0.15) is 13.2 Å². The highest BCUT2D eigenvalue weighted by Crippen LogP contribution is 2.34. The molecular weight excluding hydrogens is 359 g/mol. The SMILES string of the molecule is Cn1c(C2CCS(=O)(=O)CC2)nc2cc(OCC(F)(F)F)c(N)cc21. The van der Waals surface area contributed by atoms with Gasteiger partial charge in [0.15, 0.2) is 6.61 Å². The fourth-order valence-corrected chi connectivity index (χ4v) is 4.54. The molecule has 6 nitrogen and oxygen atoms in total. The molecule has 0 spiro atoms. The molecule has 1 aromatic heterocycles. The van der Waals surface area contributed by atoms with Gasteiger partial charge in [-0.05, 0) is 18.9 Å². The summed E-state index contributed by atoms with van der Waals surface area (Å²) in [5, 5.41) is 0. The normalized spacial score (nSPS) is 18.6. The number of nitrogen functional groups attached to an aromatic ring is 1. The van der Waals surface area contributed by atoms with Gasteiger partial charge in [-0.1, -0.05) is 0 Å². The lowest BCUT2D eigenvalue weighted by atomic mass is 10.0. The van der Waals surface area contributed by atoms with E-state index in [9.17, 15) is 21.6 Å². The van der Waals surface area contributed by atoms with Crippen molar-refractivity contribution in [3.05, 3.63) is 18.0 Å². The maximum Gasteiger partial charge on any atom is 0.422 e. The molecule has 0 unspecified atom stereocenters. The molecule has 1 saturated heterocycles. The third-order valence-electron chi connectivity index (χ3n) is 4.36. The van der Waals surface area contributed by atoms with Gasteiger partial charge >= 0.3 is 6.18 Å². The zero-order chi connectivity index (χ0) is 18.4. The number of alkyl halides is 3. The summed E-state index contributed by atoms with van der Waals surface area (Å²) in [6.07, 6.45) is -3.50. The van der Waals surface area contributed by atoms with E-state index in [-0.39, 0.29) is 28.9 Å². The average Bonchev–Trinajstić information content (AvgIpc) is 2.81. The largest absolute Gasteiger partial charge is 0.482 e. The maximum absolute atomic E-state index is 12.3.